The molecule has 3 rings (SSSR count). The van der Waals surface area contributed by atoms with Gasteiger partial charge in [-0.1, -0.05) is 12.1 Å². The van der Waals surface area contributed by atoms with E-state index in [4.69, 9.17) is 5.73 Å². The number of anilines is 1. The summed E-state index contributed by atoms with van der Waals surface area (Å²) in [6.45, 7) is 2.41. The van der Waals surface area contributed by atoms with Gasteiger partial charge in [-0.25, -0.2) is 4.98 Å². The van der Waals surface area contributed by atoms with Crippen LogP contribution >= 0.6 is 0 Å². The van der Waals surface area contributed by atoms with Crippen molar-refractivity contribution in [1.29, 1.82) is 0 Å². The minimum absolute atomic E-state index is 0.458. The molecule has 22 heavy (non-hydrogen) atoms. The van der Waals surface area contributed by atoms with Crippen molar-refractivity contribution >= 4 is 16.7 Å². The number of aryl methyl sites for hydroxylation is 1. The topological polar surface area (TPSA) is 43.8 Å². The van der Waals surface area contributed by atoms with Crippen LogP contribution in [-0.2, 0) is 12.7 Å². The molecule has 114 valence electrons. The second-order valence-corrected chi connectivity index (χ2v) is 5.27. The van der Waals surface area contributed by atoms with Gasteiger partial charge in [0.1, 0.15) is 5.65 Å². The maximum absolute atomic E-state index is 12.6. The third-order valence-electron chi connectivity index (χ3n) is 3.57. The zero-order valence-electron chi connectivity index (χ0n) is 11.9. The lowest BCUT2D eigenvalue weighted by Gasteiger charge is -2.09. The van der Waals surface area contributed by atoms with E-state index >= 15 is 0 Å². The molecular formula is C16H14F3N3. The largest absolute Gasteiger partial charge is 0.416 e. The summed E-state index contributed by atoms with van der Waals surface area (Å²) in [7, 11) is 0. The number of benzene rings is 1. The number of nitrogens with two attached hydrogens (primary N) is 1. The normalized spacial score (nSPS) is 12.0. The Kier molecular flexibility index (Phi) is 3.31. The molecule has 0 bridgehead atoms. The van der Waals surface area contributed by atoms with Gasteiger partial charge in [0.15, 0.2) is 0 Å². The van der Waals surface area contributed by atoms with E-state index in [1.54, 1.807) is 6.20 Å². The van der Waals surface area contributed by atoms with Crippen LogP contribution in [0.2, 0.25) is 0 Å². The van der Waals surface area contributed by atoms with E-state index in [-0.39, 0.29) is 0 Å². The Balaban J connectivity index is 1.93. The van der Waals surface area contributed by atoms with E-state index < -0.39 is 11.7 Å². The fourth-order valence-electron chi connectivity index (χ4n) is 2.47. The molecule has 2 aromatic heterocycles. The van der Waals surface area contributed by atoms with Gasteiger partial charge in [-0.05, 0) is 36.2 Å². The number of alkyl halides is 3. The molecule has 1 aromatic carbocycles. The SMILES string of the molecule is Cc1cn(Cc2ccc(C(F)(F)F)cc2)c2ncc(N)cc12. The first-order valence-electron chi connectivity index (χ1n) is 6.72. The minimum Gasteiger partial charge on any atom is -0.397 e. The highest BCUT2D eigenvalue weighted by Gasteiger charge is 2.29. The third kappa shape index (κ3) is 2.64. The van der Waals surface area contributed by atoms with E-state index in [0.717, 1.165) is 34.3 Å². The molecule has 0 radical (unpaired) electrons. The molecule has 0 aliphatic rings. The van der Waals surface area contributed by atoms with E-state index in [9.17, 15) is 13.2 Å². The molecule has 3 nitrogen and oxygen atoms in total. The van der Waals surface area contributed by atoms with E-state index in [1.165, 1.54) is 12.1 Å². The first kappa shape index (κ1) is 14.4. The lowest BCUT2D eigenvalue weighted by Crippen LogP contribution is -2.05. The number of hydrogen-bond acceptors (Lipinski definition) is 2. The number of halogens is 3. The summed E-state index contributed by atoms with van der Waals surface area (Å²) in [5.74, 6) is 0. The fraction of sp³-hybridized carbons (Fsp3) is 0.188. The van der Waals surface area contributed by atoms with Crippen LogP contribution < -0.4 is 5.73 Å². The van der Waals surface area contributed by atoms with Gasteiger partial charge in [0.25, 0.3) is 0 Å². The number of nitrogens with zero attached hydrogens (tertiary/aromatic N) is 2. The highest BCUT2D eigenvalue weighted by molar-refractivity contribution is 5.82. The van der Waals surface area contributed by atoms with Gasteiger partial charge in [0.2, 0.25) is 0 Å². The van der Waals surface area contributed by atoms with Crippen molar-refractivity contribution in [2.45, 2.75) is 19.6 Å². The first-order valence-corrected chi connectivity index (χ1v) is 6.72. The van der Waals surface area contributed by atoms with Crippen molar-refractivity contribution < 1.29 is 13.2 Å². The summed E-state index contributed by atoms with van der Waals surface area (Å²) in [5, 5.41) is 0.951. The maximum atomic E-state index is 12.6. The van der Waals surface area contributed by atoms with Crippen molar-refractivity contribution in [3.05, 3.63) is 59.4 Å². The Morgan fingerprint density at radius 1 is 1.18 bits per heavy atom. The van der Waals surface area contributed by atoms with Crippen molar-refractivity contribution in [2.75, 3.05) is 5.73 Å². The minimum atomic E-state index is -4.31. The molecule has 6 heteroatoms. The standard InChI is InChI=1S/C16H14F3N3/c1-10-8-22(15-14(10)6-13(20)7-21-15)9-11-2-4-12(5-3-11)16(17,18)19/h2-8H,9,20H2,1H3. The van der Waals surface area contributed by atoms with Crippen LogP contribution in [0.25, 0.3) is 11.0 Å². The average Bonchev–Trinajstić information content (AvgIpc) is 2.74. The predicted molar refractivity (Wildman–Crippen MR) is 79.4 cm³/mol. The molecule has 0 aliphatic heterocycles. The average molecular weight is 305 g/mol. The Hall–Kier alpha value is -2.50. The molecule has 2 heterocycles. The maximum Gasteiger partial charge on any atom is 0.416 e. The van der Waals surface area contributed by atoms with Gasteiger partial charge in [-0.15, -0.1) is 0 Å². The molecule has 0 saturated carbocycles. The molecule has 0 saturated heterocycles. The highest BCUT2D eigenvalue weighted by atomic mass is 19.4. The van der Waals surface area contributed by atoms with Crippen LogP contribution in [0, 0.1) is 6.92 Å². The van der Waals surface area contributed by atoms with Crippen molar-refractivity contribution in [2.24, 2.45) is 0 Å². The summed E-state index contributed by atoms with van der Waals surface area (Å²) in [5.41, 5.74) is 8.26. The van der Waals surface area contributed by atoms with E-state index in [0.29, 0.717) is 12.2 Å². The van der Waals surface area contributed by atoms with Crippen LogP contribution in [-0.4, -0.2) is 9.55 Å². The van der Waals surface area contributed by atoms with Gasteiger partial charge in [-0.2, -0.15) is 13.2 Å². The zero-order valence-corrected chi connectivity index (χ0v) is 11.9. The first-order chi connectivity index (χ1) is 10.3. The molecular weight excluding hydrogens is 291 g/mol. The second kappa shape index (κ2) is 5.05. The van der Waals surface area contributed by atoms with Crippen molar-refractivity contribution in [3.8, 4) is 0 Å². The van der Waals surface area contributed by atoms with Gasteiger partial charge in [0.05, 0.1) is 17.4 Å². The fourth-order valence-corrected chi connectivity index (χ4v) is 2.47. The zero-order chi connectivity index (χ0) is 15.9. The number of hydrogen-bond donors (Lipinski definition) is 1. The van der Waals surface area contributed by atoms with Crippen molar-refractivity contribution in [1.82, 2.24) is 9.55 Å². The van der Waals surface area contributed by atoms with Crippen LogP contribution in [0.3, 0.4) is 0 Å². The van der Waals surface area contributed by atoms with E-state index in [1.807, 2.05) is 23.8 Å². The summed E-state index contributed by atoms with van der Waals surface area (Å²) in [6, 6.07) is 7.02. The Bertz CT molecular complexity index is 817. The second-order valence-electron chi connectivity index (χ2n) is 5.27. The lowest BCUT2D eigenvalue weighted by atomic mass is 10.1. The van der Waals surface area contributed by atoms with Gasteiger partial charge in [-0.3, -0.25) is 0 Å². The third-order valence-corrected chi connectivity index (χ3v) is 3.57. The van der Waals surface area contributed by atoms with Crippen LogP contribution in [0.1, 0.15) is 16.7 Å². The Morgan fingerprint density at radius 2 is 1.86 bits per heavy atom. The summed E-state index contributed by atoms with van der Waals surface area (Å²) < 4.78 is 39.6. The lowest BCUT2D eigenvalue weighted by molar-refractivity contribution is -0.137. The number of aromatic nitrogens is 2. The summed E-state index contributed by atoms with van der Waals surface area (Å²) in [4.78, 5) is 4.31. The monoisotopic (exact) mass is 305 g/mol. The number of rotatable bonds is 2. The molecule has 0 atom stereocenters. The summed E-state index contributed by atoms with van der Waals surface area (Å²) in [6.07, 6.45) is -0.811. The predicted octanol–water partition coefficient (Wildman–Crippen LogP) is 3.99. The van der Waals surface area contributed by atoms with Gasteiger partial charge >= 0.3 is 6.18 Å². The quantitative estimate of drug-likeness (QED) is 0.778. The molecule has 3 aromatic rings. The van der Waals surface area contributed by atoms with Crippen LogP contribution in [0.4, 0.5) is 18.9 Å². The van der Waals surface area contributed by atoms with E-state index in [2.05, 4.69) is 4.98 Å². The molecule has 0 fully saturated rings. The van der Waals surface area contributed by atoms with Gasteiger partial charge in [0, 0.05) is 18.1 Å². The smallest absolute Gasteiger partial charge is 0.397 e. The molecule has 0 unspecified atom stereocenters. The van der Waals surface area contributed by atoms with Crippen LogP contribution in [0.15, 0.2) is 42.7 Å². The Labute approximate surface area is 125 Å². The van der Waals surface area contributed by atoms with Crippen LogP contribution in [0.5, 0.6) is 0 Å². The molecule has 0 amide bonds. The number of pyridine rings is 1. The van der Waals surface area contributed by atoms with Crippen molar-refractivity contribution in [3.63, 3.8) is 0 Å². The Morgan fingerprint density at radius 3 is 2.50 bits per heavy atom. The number of nitrogen functional groups attached to an aromatic ring is 1. The number of fused-ring (bicyclic) bond motifs is 1. The molecule has 0 spiro atoms. The molecule has 0 aliphatic carbocycles. The highest BCUT2D eigenvalue weighted by Crippen LogP contribution is 2.29. The van der Waals surface area contributed by atoms with Gasteiger partial charge < -0.3 is 10.3 Å². The molecule has 2 N–H and O–H groups in total. The summed E-state index contributed by atoms with van der Waals surface area (Å²) >= 11 is 0.